The Morgan fingerprint density at radius 2 is 2.05 bits per heavy atom. The Balaban J connectivity index is 1.91. The largest absolute Gasteiger partial charge is 0.313 e. The van der Waals surface area contributed by atoms with E-state index in [1.807, 2.05) is 24.4 Å². The molecule has 0 bridgehead atoms. The summed E-state index contributed by atoms with van der Waals surface area (Å²) in [6.07, 6.45) is 1.85. The lowest BCUT2D eigenvalue weighted by molar-refractivity contribution is 0.194. The molecule has 104 valence electrons. The summed E-state index contributed by atoms with van der Waals surface area (Å²) in [5.74, 6) is 0.889. The van der Waals surface area contributed by atoms with E-state index in [0.717, 1.165) is 41.2 Å². The predicted octanol–water partition coefficient (Wildman–Crippen LogP) is 2.48. The summed E-state index contributed by atoms with van der Waals surface area (Å²) < 4.78 is 1.08. The monoisotopic (exact) mass is 332 g/mol. The van der Waals surface area contributed by atoms with E-state index in [2.05, 4.69) is 50.3 Å². The van der Waals surface area contributed by atoms with Crippen LogP contribution >= 0.6 is 15.9 Å². The summed E-state index contributed by atoms with van der Waals surface area (Å²) in [5.41, 5.74) is 2.09. The molecular formula is C15H17BrN4. The Kier molecular flexibility index (Phi) is 4.10. The van der Waals surface area contributed by atoms with E-state index >= 15 is 0 Å². The van der Waals surface area contributed by atoms with Crippen molar-refractivity contribution in [3.63, 3.8) is 0 Å². The molecule has 1 aliphatic rings. The first-order valence-electron chi connectivity index (χ1n) is 6.74. The second kappa shape index (κ2) is 5.99. The number of aromatic nitrogens is 2. The first-order valence-corrected chi connectivity index (χ1v) is 7.53. The molecule has 20 heavy (non-hydrogen) atoms. The minimum absolute atomic E-state index is 0.249. The number of hydrogen-bond donors (Lipinski definition) is 1. The van der Waals surface area contributed by atoms with Crippen LogP contribution in [0.5, 0.6) is 0 Å². The number of nitrogens with zero attached hydrogens (tertiary/aromatic N) is 3. The Morgan fingerprint density at radius 3 is 2.80 bits per heavy atom. The number of hydrogen-bond acceptors (Lipinski definition) is 4. The third kappa shape index (κ3) is 2.90. The first kappa shape index (κ1) is 13.7. The van der Waals surface area contributed by atoms with E-state index in [4.69, 9.17) is 4.98 Å². The second-order valence-electron chi connectivity index (χ2n) is 5.01. The van der Waals surface area contributed by atoms with Crippen molar-refractivity contribution in [2.24, 2.45) is 0 Å². The summed E-state index contributed by atoms with van der Waals surface area (Å²) >= 11 is 3.46. The van der Waals surface area contributed by atoms with Crippen LogP contribution in [0.15, 0.2) is 41.0 Å². The molecule has 3 rings (SSSR count). The molecule has 1 aromatic heterocycles. The maximum atomic E-state index is 4.74. The quantitative estimate of drug-likeness (QED) is 0.917. The van der Waals surface area contributed by atoms with Gasteiger partial charge in [0, 0.05) is 35.9 Å². The topological polar surface area (TPSA) is 41.0 Å². The van der Waals surface area contributed by atoms with Crippen molar-refractivity contribution >= 4 is 15.9 Å². The van der Waals surface area contributed by atoms with E-state index < -0.39 is 0 Å². The van der Waals surface area contributed by atoms with Crippen LogP contribution in [-0.4, -0.2) is 41.5 Å². The van der Waals surface area contributed by atoms with Crippen LogP contribution in [0.4, 0.5) is 0 Å². The van der Waals surface area contributed by atoms with Crippen LogP contribution in [-0.2, 0) is 0 Å². The lowest BCUT2D eigenvalue weighted by Crippen LogP contribution is -2.44. The van der Waals surface area contributed by atoms with Gasteiger partial charge in [-0.3, -0.25) is 4.90 Å². The molecule has 0 radical (unpaired) electrons. The highest BCUT2D eigenvalue weighted by Crippen LogP contribution is 2.22. The zero-order valence-electron chi connectivity index (χ0n) is 11.4. The zero-order valence-corrected chi connectivity index (χ0v) is 13.0. The number of halogens is 1. The molecule has 4 nitrogen and oxygen atoms in total. The van der Waals surface area contributed by atoms with Gasteiger partial charge in [0.15, 0.2) is 0 Å². The summed E-state index contributed by atoms with van der Waals surface area (Å²) in [6, 6.07) is 10.4. The van der Waals surface area contributed by atoms with E-state index in [9.17, 15) is 0 Å². The van der Waals surface area contributed by atoms with Gasteiger partial charge in [0.05, 0.1) is 11.7 Å². The highest BCUT2D eigenvalue weighted by atomic mass is 79.9. The zero-order chi connectivity index (χ0) is 13.9. The fourth-order valence-corrected chi connectivity index (χ4v) is 2.67. The maximum Gasteiger partial charge on any atom is 0.147 e. The normalized spacial score (nSPS) is 20.0. The molecule has 1 fully saturated rings. The molecule has 1 saturated heterocycles. The standard InChI is InChI=1S/C15H17BrN4/c1-20-9-8-17-10-14(20)15-18-7-6-13(19-15)11-2-4-12(16)5-3-11/h2-7,14,17H,8-10H2,1H3. The van der Waals surface area contributed by atoms with E-state index in [1.54, 1.807) is 0 Å². The van der Waals surface area contributed by atoms with Crippen molar-refractivity contribution in [1.82, 2.24) is 20.2 Å². The average molecular weight is 333 g/mol. The van der Waals surface area contributed by atoms with E-state index in [1.165, 1.54) is 0 Å². The number of piperazine rings is 1. The van der Waals surface area contributed by atoms with Crippen molar-refractivity contribution in [3.8, 4) is 11.3 Å². The fraction of sp³-hybridized carbons (Fsp3) is 0.333. The highest BCUT2D eigenvalue weighted by Gasteiger charge is 2.22. The lowest BCUT2D eigenvalue weighted by atomic mass is 10.1. The number of nitrogens with one attached hydrogen (secondary N) is 1. The fourth-order valence-electron chi connectivity index (χ4n) is 2.41. The van der Waals surface area contributed by atoms with Gasteiger partial charge in [0.25, 0.3) is 0 Å². The van der Waals surface area contributed by atoms with Crippen LogP contribution in [0.25, 0.3) is 11.3 Å². The molecule has 0 saturated carbocycles. The van der Waals surface area contributed by atoms with Crippen LogP contribution in [0.1, 0.15) is 11.9 Å². The molecule has 2 heterocycles. The van der Waals surface area contributed by atoms with Gasteiger partial charge < -0.3 is 5.32 Å². The summed E-state index contributed by atoms with van der Waals surface area (Å²) in [7, 11) is 2.13. The molecule has 0 amide bonds. The number of rotatable bonds is 2. The predicted molar refractivity (Wildman–Crippen MR) is 83.4 cm³/mol. The van der Waals surface area contributed by atoms with Gasteiger partial charge in [-0.25, -0.2) is 9.97 Å². The van der Waals surface area contributed by atoms with Gasteiger partial charge in [0.2, 0.25) is 0 Å². The summed E-state index contributed by atoms with van der Waals surface area (Å²) in [5, 5.41) is 3.40. The van der Waals surface area contributed by atoms with Gasteiger partial charge >= 0.3 is 0 Å². The van der Waals surface area contributed by atoms with Gasteiger partial charge in [-0.05, 0) is 25.2 Å². The van der Waals surface area contributed by atoms with Crippen LogP contribution in [0.2, 0.25) is 0 Å². The third-order valence-electron chi connectivity index (χ3n) is 3.62. The second-order valence-corrected chi connectivity index (χ2v) is 5.92. The molecule has 5 heteroatoms. The molecule has 2 aromatic rings. The first-order chi connectivity index (χ1) is 9.74. The van der Waals surface area contributed by atoms with Crippen molar-refractivity contribution in [1.29, 1.82) is 0 Å². The van der Waals surface area contributed by atoms with Gasteiger partial charge in [0.1, 0.15) is 5.82 Å². The van der Waals surface area contributed by atoms with E-state index in [-0.39, 0.29) is 6.04 Å². The summed E-state index contributed by atoms with van der Waals surface area (Å²) in [4.78, 5) is 11.5. The van der Waals surface area contributed by atoms with Crippen LogP contribution < -0.4 is 5.32 Å². The number of likely N-dealkylation sites (N-methyl/N-ethyl adjacent to an activating group) is 1. The molecule has 1 aliphatic heterocycles. The Labute approximate surface area is 127 Å². The molecule has 1 N–H and O–H groups in total. The molecule has 1 unspecified atom stereocenters. The van der Waals surface area contributed by atoms with Gasteiger partial charge in [-0.1, -0.05) is 28.1 Å². The molecule has 1 aromatic carbocycles. The molecule has 0 spiro atoms. The van der Waals surface area contributed by atoms with Crippen molar-refractivity contribution in [3.05, 3.63) is 46.8 Å². The Morgan fingerprint density at radius 1 is 1.25 bits per heavy atom. The van der Waals surface area contributed by atoms with Crippen molar-refractivity contribution < 1.29 is 0 Å². The van der Waals surface area contributed by atoms with E-state index in [0.29, 0.717) is 0 Å². The third-order valence-corrected chi connectivity index (χ3v) is 4.15. The average Bonchev–Trinajstić information content (AvgIpc) is 2.49. The van der Waals surface area contributed by atoms with Crippen LogP contribution in [0.3, 0.4) is 0 Å². The smallest absolute Gasteiger partial charge is 0.147 e. The summed E-state index contributed by atoms with van der Waals surface area (Å²) in [6.45, 7) is 2.95. The number of benzene rings is 1. The molecule has 1 atom stereocenters. The molecular weight excluding hydrogens is 316 g/mol. The highest BCUT2D eigenvalue weighted by molar-refractivity contribution is 9.10. The Hall–Kier alpha value is -1.30. The SMILES string of the molecule is CN1CCNCC1c1nccc(-c2ccc(Br)cc2)n1. The Bertz CT molecular complexity index is 585. The van der Waals surface area contributed by atoms with Crippen molar-refractivity contribution in [2.45, 2.75) is 6.04 Å². The van der Waals surface area contributed by atoms with Crippen LogP contribution in [0, 0.1) is 0 Å². The van der Waals surface area contributed by atoms with Crippen molar-refractivity contribution in [2.75, 3.05) is 26.7 Å². The minimum Gasteiger partial charge on any atom is -0.313 e. The van der Waals surface area contributed by atoms with Gasteiger partial charge in [-0.2, -0.15) is 0 Å². The maximum absolute atomic E-state index is 4.74. The lowest BCUT2D eigenvalue weighted by Gasteiger charge is -2.31. The molecule has 0 aliphatic carbocycles. The minimum atomic E-state index is 0.249. The van der Waals surface area contributed by atoms with Gasteiger partial charge in [-0.15, -0.1) is 0 Å².